The maximum Gasteiger partial charge on any atom is 0.261 e. The summed E-state index contributed by atoms with van der Waals surface area (Å²) >= 11 is 0. The molecule has 4 heteroatoms. The lowest BCUT2D eigenvalue weighted by Gasteiger charge is -2.38. The van der Waals surface area contributed by atoms with Gasteiger partial charge in [0, 0.05) is 17.3 Å². The van der Waals surface area contributed by atoms with Gasteiger partial charge in [0.15, 0.2) is 0 Å². The second kappa shape index (κ2) is 7.75. The maximum atomic E-state index is 13.6. The number of fused-ring (bicyclic) bond motifs is 3. The molecule has 0 saturated heterocycles. The summed E-state index contributed by atoms with van der Waals surface area (Å²) in [6.45, 7) is 0. The minimum absolute atomic E-state index is 0.152. The van der Waals surface area contributed by atoms with Gasteiger partial charge in [0.25, 0.3) is 11.8 Å². The van der Waals surface area contributed by atoms with Crippen molar-refractivity contribution in [3.63, 3.8) is 0 Å². The lowest BCUT2D eigenvalue weighted by molar-refractivity contribution is 0.0569. The molecule has 33 heavy (non-hydrogen) atoms. The number of rotatable bonds is 4. The number of hydrogen-bond acceptors (Lipinski definition) is 3. The van der Waals surface area contributed by atoms with Crippen LogP contribution in [0.25, 0.3) is 0 Å². The SMILES string of the molecule is O=C1c2ccccc2C(=O)N1[C@@H](Cc1ccccc1)C1c2ccccc2Nc2ccccc21. The van der Waals surface area contributed by atoms with E-state index in [1.54, 1.807) is 12.1 Å². The molecule has 4 aromatic rings. The van der Waals surface area contributed by atoms with E-state index in [2.05, 4.69) is 41.7 Å². The first-order chi connectivity index (χ1) is 16.2. The molecule has 160 valence electrons. The highest BCUT2D eigenvalue weighted by Gasteiger charge is 2.45. The molecular weight excluding hydrogens is 408 g/mol. The van der Waals surface area contributed by atoms with Crippen LogP contribution >= 0.6 is 0 Å². The van der Waals surface area contributed by atoms with Crippen LogP contribution in [0.1, 0.15) is 43.3 Å². The number of amides is 2. The highest BCUT2D eigenvalue weighted by molar-refractivity contribution is 6.21. The highest BCUT2D eigenvalue weighted by atomic mass is 16.2. The number of carbonyl (C=O) groups excluding carboxylic acids is 2. The van der Waals surface area contributed by atoms with E-state index < -0.39 is 0 Å². The molecule has 0 aliphatic carbocycles. The number of nitrogens with zero attached hydrogens (tertiary/aromatic N) is 1. The molecule has 2 heterocycles. The fraction of sp³-hybridized carbons (Fsp3) is 0.103. The van der Waals surface area contributed by atoms with Crippen molar-refractivity contribution < 1.29 is 9.59 Å². The Hall–Kier alpha value is -4.18. The summed E-state index contributed by atoms with van der Waals surface area (Å²) in [5.41, 5.74) is 6.26. The van der Waals surface area contributed by atoms with Crippen LogP contribution in [0.15, 0.2) is 103 Å². The maximum absolute atomic E-state index is 13.6. The van der Waals surface area contributed by atoms with Crippen molar-refractivity contribution in [2.75, 3.05) is 5.32 Å². The van der Waals surface area contributed by atoms with Crippen LogP contribution in [0.2, 0.25) is 0 Å². The van der Waals surface area contributed by atoms with Gasteiger partial charge in [-0.05, 0) is 47.4 Å². The predicted molar refractivity (Wildman–Crippen MR) is 129 cm³/mol. The lowest BCUT2D eigenvalue weighted by atomic mass is 9.78. The van der Waals surface area contributed by atoms with Gasteiger partial charge < -0.3 is 5.32 Å². The van der Waals surface area contributed by atoms with Crippen LogP contribution in [0.4, 0.5) is 11.4 Å². The molecule has 4 nitrogen and oxygen atoms in total. The number of imide groups is 1. The summed E-state index contributed by atoms with van der Waals surface area (Å²) in [7, 11) is 0. The van der Waals surface area contributed by atoms with E-state index in [1.807, 2.05) is 54.6 Å². The van der Waals surface area contributed by atoms with E-state index in [0.29, 0.717) is 17.5 Å². The zero-order valence-electron chi connectivity index (χ0n) is 17.9. The third-order valence-corrected chi connectivity index (χ3v) is 6.69. The zero-order chi connectivity index (χ0) is 22.4. The number of anilines is 2. The fourth-order valence-electron chi connectivity index (χ4n) is 5.21. The Balaban J connectivity index is 1.54. The van der Waals surface area contributed by atoms with Crippen LogP contribution in [0.3, 0.4) is 0 Å². The molecular formula is C29H22N2O2. The summed E-state index contributed by atoms with van der Waals surface area (Å²) in [6.07, 6.45) is 0.569. The third-order valence-electron chi connectivity index (χ3n) is 6.69. The van der Waals surface area contributed by atoms with Crippen molar-refractivity contribution in [1.29, 1.82) is 0 Å². The number of para-hydroxylation sites is 2. The summed E-state index contributed by atoms with van der Waals surface area (Å²) < 4.78 is 0. The smallest absolute Gasteiger partial charge is 0.261 e. The van der Waals surface area contributed by atoms with Gasteiger partial charge in [-0.15, -0.1) is 0 Å². The van der Waals surface area contributed by atoms with Crippen LogP contribution < -0.4 is 5.32 Å². The first-order valence-corrected chi connectivity index (χ1v) is 11.2. The summed E-state index contributed by atoms with van der Waals surface area (Å²) in [4.78, 5) is 28.7. The van der Waals surface area contributed by atoms with Crippen molar-refractivity contribution in [2.45, 2.75) is 18.4 Å². The number of carbonyl (C=O) groups is 2. The number of benzene rings is 4. The summed E-state index contributed by atoms with van der Waals surface area (Å²) in [5.74, 6) is -0.587. The number of nitrogens with one attached hydrogen (secondary N) is 1. The second-order valence-electron chi connectivity index (χ2n) is 8.56. The van der Waals surface area contributed by atoms with Gasteiger partial charge in [0.1, 0.15) is 0 Å². The van der Waals surface area contributed by atoms with E-state index >= 15 is 0 Å². The summed E-state index contributed by atoms with van der Waals surface area (Å²) in [6, 6.07) is 33.2. The average molecular weight is 431 g/mol. The zero-order valence-corrected chi connectivity index (χ0v) is 17.9. The average Bonchev–Trinajstić information content (AvgIpc) is 3.12. The monoisotopic (exact) mass is 430 g/mol. The van der Waals surface area contributed by atoms with E-state index in [-0.39, 0.29) is 23.8 Å². The van der Waals surface area contributed by atoms with Crippen LogP contribution in [-0.2, 0) is 6.42 Å². The minimum atomic E-state index is -0.371. The Morgan fingerprint density at radius 2 is 1.12 bits per heavy atom. The largest absolute Gasteiger partial charge is 0.355 e. The van der Waals surface area contributed by atoms with Crippen molar-refractivity contribution >= 4 is 23.2 Å². The van der Waals surface area contributed by atoms with Gasteiger partial charge in [-0.1, -0.05) is 78.9 Å². The molecule has 0 saturated carbocycles. The van der Waals surface area contributed by atoms with Gasteiger partial charge >= 0.3 is 0 Å². The molecule has 0 unspecified atom stereocenters. The Labute approximate surface area is 192 Å². The first kappa shape index (κ1) is 19.5. The standard InChI is InChI=1S/C29H22N2O2/c32-28-20-12-4-5-13-21(20)29(33)31(28)26(18-19-10-2-1-3-11-19)27-22-14-6-8-16-24(22)30-25-17-9-7-15-23(25)27/h1-17,26-27,30H,18H2/t26-/m0/s1. The third kappa shape index (κ3) is 3.14. The molecule has 0 spiro atoms. The highest BCUT2D eigenvalue weighted by Crippen LogP contribution is 2.46. The minimum Gasteiger partial charge on any atom is -0.355 e. The fourth-order valence-corrected chi connectivity index (χ4v) is 5.21. The molecule has 2 amide bonds. The molecule has 6 rings (SSSR count). The molecule has 2 aliphatic rings. The Bertz CT molecular complexity index is 1300. The second-order valence-corrected chi connectivity index (χ2v) is 8.56. The van der Waals surface area contributed by atoms with E-state index in [1.165, 1.54) is 4.90 Å². The Morgan fingerprint density at radius 3 is 1.70 bits per heavy atom. The van der Waals surface area contributed by atoms with Crippen molar-refractivity contribution in [3.8, 4) is 0 Å². The van der Waals surface area contributed by atoms with Gasteiger partial charge in [-0.3, -0.25) is 14.5 Å². The topological polar surface area (TPSA) is 49.4 Å². The molecule has 4 aromatic carbocycles. The van der Waals surface area contributed by atoms with E-state index in [0.717, 1.165) is 28.1 Å². The van der Waals surface area contributed by atoms with Gasteiger partial charge in [-0.2, -0.15) is 0 Å². The molecule has 1 atom stereocenters. The lowest BCUT2D eigenvalue weighted by Crippen LogP contribution is -2.46. The first-order valence-electron chi connectivity index (χ1n) is 11.2. The van der Waals surface area contributed by atoms with Crippen LogP contribution in [0.5, 0.6) is 0 Å². The Kier molecular flexibility index (Phi) is 4.58. The Morgan fingerprint density at radius 1 is 0.636 bits per heavy atom. The van der Waals surface area contributed by atoms with Gasteiger partial charge in [-0.25, -0.2) is 0 Å². The van der Waals surface area contributed by atoms with Gasteiger partial charge in [0.05, 0.1) is 17.2 Å². The summed E-state index contributed by atoms with van der Waals surface area (Å²) in [5, 5.41) is 3.53. The normalized spacial score (nSPS) is 15.5. The van der Waals surface area contributed by atoms with Crippen LogP contribution in [-0.4, -0.2) is 22.8 Å². The quantitative estimate of drug-likeness (QED) is 0.417. The molecule has 1 N–H and O–H groups in total. The molecule has 0 radical (unpaired) electrons. The molecule has 0 fully saturated rings. The molecule has 0 aromatic heterocycles. The molecule has 0 bridgehead atoms. The van der Waals surface area contributed by atoms with Crippen molar-refractivity contribution in [1.82, 2.24) is 4.90 Å². The van der Waals surface area contributed by atoms with Crippen molar-refractivity contribution in [2.24, 2.45) is 0 Å². The van der Waals surface area contributed by atoms with Gasteiger partial charge in [0.2, 0.25) is 0 Å². The predicted octanol–water partition coefficient (Wildman–Crippen LogP) is 5.78. The van der Waals surface area contributed by atoms with E-state index in [9.17, 15) is 9.59 Å². The van der Waals surface area contributed by atoms with Crippen molar-refractivity contribution in [3.05, 3.63) is 131 Å². The molecule has 2 aliphatic heterocycles. The van der Waals surface area contributed by atoms with Crippen LogP contribution in [0, 0.1) is 0 Å². The number of hydrogen-bond donors (Lipinski definition) is 1. The van der Waals surface area contributed by atoms with E-state index in [4.69, 9.17) is 0 Å².